The first-order valence-electron chi connectivity index (χ1n) is 7.13. The molecule has 1 saturated heterocycles. The fourth-order valence-corrected chi connectivity index (χ4v) is 2.55. The fraction of sp³-hybridized carbons (Fsp3) is 0.500. The first-order valence-corrected chi connectivity index (χ1v) is 7.13. The molecule has 1 unspecified atom stereocenters. The third-order valence-electron chi connectivity index (χ3n) is 3.67. The van der Waals surface area contributed by atoms with Gasteiger partial charge in [0.1, 0.15) is 6.04 Å². The standard InChI is InChI=1S/C14H16F3N3O3/c15-14(16,17)12(19-8-7-13(21)18-19)6-2-4-10-3-1-5-11(9-10)20(22)23/h1,3,5,9,12H,2,4,6-8H2,(H,18,21). The van der Waals surface area contributed by atoms with Crippen LogP contribution in [0.1, 0.15) is 24.8 Å². The lowest BCUT2D eigenvalue weighted by Gasteiger charge is -2.28. The van der Waals surface area contributed by atoms with Gasteiger partial charge in [-0.05, 0) is 24.8 Å². The Morgan fingerprint density at radius 1 is 1.39 bits per heavy atom. The zero-order chi connectivity index (χ0) is 17.0. The van der Waals surface area contributed by atoms with Crippen molar-refractivity contribution in [3.8, 4) is 0 Å². The van der Waals surface area contributed by atoms with Crippen molar-refractivity contribution in [2.45, 2.75) is 37.9 Å². The van der Waals surface area contributed by atoms with Crippen molar-refractivity contribution in [1.82, 2.24) is 10.4 Å². The number of carbonyl (C=O) groups is 1. The van der Waals surface area contributed by atoms with Gasteiger partial charge in [-0.3, -0.25) is 20.3 Å². The van der Waals surface area contributed by atoms with Crippen LogP contribution in [0.2, 0.25) is 0 Å². The molecule has 1 aromatic rings. The lowest BCUT2D eigenvalue weighted by molar-refractivity contribution is -0.384. The molecular weight excluding hydrogens is 315 g/mol. The van der Waals surface area contributed by atoms with Crippen molar-refractivity contribution in [2.75, 3.05) is 6.54 Å². The van der Waals surface area contributed by atoms with Crippen molar-refractivity contribution in [3.63, 3.8) is 0 Å². The van der Waals surface area contributed by atoms with Crippen molar-refractivity contribution in [2.24, 2.45) is 0 Å². The van der Waals surface area contributed by atoms with E-state index in [1.807, 2.05) is 0 Å². The highest BCUT2D eigenvalue weighted by Crippen LogP contribution is 2.29. The van der Waals surface area contributed by atoms with Gasteiger partial charge < -0.3 is 0 Å². The van der Waals surface area contributed by atoms with Gasteiger partial charge >= 0.3 is 6.18 Å². The van der Waals surface area contributed by atoms with Crippen molar-refractivity contribution in [3.05, 3.63) is 39.9 Å². The molecule has 1 aliphatic rings. The highest BCUT2D eigenvalue weighted by atomic mass is 19.4. The third kappa shape index (κ3) is 4.65. The summed E-state index contributed by atoms with van der Waals surface area (Å²) in [5, 5.41) is 11.6. The quantitative estimate of drug-likeness (QED) is 0.642. The van der Waals surface area contributed by atoms with E-state index in [2.05, 4.69) is 5.43 Å². The van der Waals surface area contributed by atoms with E-state index in [4.69, 9.17) is 0 Å². The average Bonchev–Trinajstić information content (AvgIpc) is 2.88. The molecule has 0 aliphatic carbocycles. The molecule has 1 amide bonds. The number of nitrogens with one attached hydrogen (secondary N) is 1. The number of non-ortho nitro benzene ring substituents is 1. The summed E-state index contributed by atoms with van der Waals surface area (Å²) in [4.78, 5) is 21.2. The molecule has 1 N–H and O–H groups in total. The van der Waals surface area contributed by atoms with Crippen molar-refractivity contribution >= 4 is 11.6 Å². The smallest absolute Gasteiger partial charge is 0.288 e. The minimum atomic E-state index is -4.44. The summed E-state index contributed by atoms with van der Waals surface area (Å²) < 4.78 is 39.3. The second-order valence-corrected chi connectivity index (χ2v) is 5.36. The number of amides is 1. The predicted octanol–water partition coefficient (Wildman–Crippen LogP) is 2.59. The number of nitrogens with zero attached hydrogens (tertiary/aromatic N) is 2. The topological polar surface area (TPSA) is 75.5 Å². The maximum absolute atomic E-state index is 13.1. The van der Waals surface area contributed by atoms with Gasteiger partial charge in [0.15, 0.2) is 0 Å². The Hall–Kier alpha value is -2.16. The Balaban J connectivity index is 1.95. The maximum atomic E-state index is 13.1. The van der Waals surface area contributed by atoms with Crippen LogP contribution in [0.25, 0.3) is 0 Å². The Kier molecular flexibility index (Phi) is 5.19. The minimum Gasteiger partial charge on any atom is -0.288 e. The lowest BCUT2D eigenvalue weighted by atomic mass is 10.0. The fourth-order valence-electron chi connectivity index (χ4n) is 2.55. The number of hydrogen-bond acceptors (Lipinski definition) is 4. The zero-order valence-corrected chi connectivity index (χ0v) is 12.2. The molecule has 2 rings (SSSR count). The number of benzene rings is 1. The number of nitro groups is 1. The second kappa shape index (κ2) is 6.95. The molecule has 1 aromatic carbocycles. The Morgan fingerprint density at radius 3 is 2.70 bits per heavy atom. The number of nitro benzene ring substituents is 1. The first-order chi connectivity index (χ1) is 10.8. The summed E-state index contributed by atoms with van der Waals surface area (Å²) in [5.74, 6) is -0.419. The highest BCUT2D eigenvalue weighted by Gasteiger charge is 2.45. The van der Waals surface area contributed by atoms with Gasteiger partial charge in [-0.25, -0.2) is 5.01 Å². The molecule has 6 nitrogen and oxygen atoms in total. The lowest BCUT2D eigenvalue weighted by Crippen LogP contribution is -2.49. The maximum Gasteiger partial charge on any atom is 0.405 e. The molecule has 1 aliphatic heterocycles. The molecule has 0 bridgehead atoms. The van der Waals surface area contributed by atoms with E-state index in [1.165, 1.54) is 18.2 Å². The number of alkyl halides is 3. The number of carbonyl (C=O) groups excluding carboxylic acids is 1. The Morgan fingerprint density at radius 2 is 2.13 bits per heavy atom. The molecule has 126 valence electrons. The van der Waals surface area contributed by atoms with Gasteiger partial charge in [-0.2, -0.15) is 13.2 Å². The van der Waals surface area contributed by atoms with Gasteiger partial charge in [0.2, 0.25) is 5.91 Å². The van der Waals surface area contributed by atoms with Crippen LogP contribution in [-0.2, 0) is 11.2 Å². The second-order valence-electron chi connectivity index (χ2n) is 5.36. The first kappa shape index (κ1) is 17.2. The molecule has 0 spiro atoms. The summed E-state index contributed by atoms with van der Waals surface area (Å²) in [5.41, 5.74) is 2.75. The molecule has 0 radical (unpaired) electrons. The van der Waals surface area contributed by atoms with Crippen LogP contribution in [0.15, 0.2) is 24.3 Å². The summed E-state index contributed by atoms with van der Waals surface area (Å²) in [6, 6.07) is 4.11. The van der Waals surface area contributed by atoms with Crippen LogP contribution in [-0.4, -0.2) is 34.6 Å². The summed E-state index contributed by atoms with van der Waals surface area (Å²) in [6.45, 7) is 0.0276. The number of hydrogen-bond donors (Lipinski definition) is 1. The van der Waals surface area contributed by atoms with Crippen molar-refractivity contribution < 1.29 is 22.9 Å². The molecular formula is C14H16F3N3O3. The summed E-state index contributed by atoms with van der Waals surface area (Å²) in [6.07, 6.45) is -4.07. The van der Waals surface area contributed by atoms with Gasteiger partial charge in [-0.1, -0.05) is 12.1 Å². The number of halogens is 3. The molecule has 0 saturated carbocycles. The SMILES string of the molecule is O=C1CCN(C(CCCc2cccc([N+](=O)[O-])c2)C(F)(F)F)N1. The monoisotopic (exact) mass is 331 g/mol. The molecule has 9 heteroatoms. The summed E-state index contributed by atoms with van der Waals surface area (Å²) in [7, 11) is 0. The van der Waals surface area contributed by atoms with Gasteiger partial charge in [0.25, 0.3) is 5.69 Å². The number of aryl methyl sites for hydroxylation is 1. The number of rotatable bonds is 6. The molecule has 1 fully saturated rings. The van der Waals surface area contributed by atoms with Gasteiger partial charge in [0, 0.05) is 25.1 Å². The predicted molar refractivity (Wildman–Crippen MR) is 75.3 cm³/mol. The number of hydrazine groups is 1. The highest BCUT2D eigenvalue weighted by molar-refractivity contribution is 5.77. The van der Waals surface area contributed by atoms with Crippen LogP contribution in [0.4, 0.5) is 18.9 Å². The van der Waals surface area contributed by atoms with Gasteiger partial charge in [-0.15, -0.1) is 0 Å². The largest absolute Gasteiger partial charge is 0.405 e. The Bertz CT molecular complexity index is 592. The average molecular weight is 331 g/mol. The van der Waals surface area contributed by atoms with E-state index < -0.39 is 23.0 Å². The van der Waals surface area contributed by atoms with Crippen LogP contribution in [0.5, 0.6) is 0 Å². The van der Waals surface area contributed by atoms with Crippen molar-refractivity contribution in [1.29, 1.82) is 0 Å². The van der Waals surface area contributed by atoms with E-state index in [1.54, 1.807) is 6.07 Å². The van der Waals surface area contributed by atoms with Crippen LogP contribution >= 0.6 is 0 Å². The molecule has 23 heavy (non-hydrogen) atoms. The molecule has 1 atom stereocenters. The third-order valence-corrected chi connectivity index (χ3v) is 3.67. The summed E-state index contributed by atoms with van der Waals surface area (Å²) >= 11 is 0. The zero-order valence-electron chi connectivity index (χ0n) is 12.2. The van der Waals surface area contributed by atoms with Crippen LogP contribution in [0.3, 0.4) is 0 Å². The van der Waals surface area contributed by atoms with Gasteiger partial charge in [0.05, 0.1) is 4.92 Å². The normalized spacial score (nSPS) is 17.1. The van der Waals surface area contributed by atoms with Crippen LogP contribution < -0.4 is 5.43 Å². The van der Waals surface area contributed by atoms with E-state index in [0.29, 0.717) is 12.0 Å². The van der Waals surface area contributed by atoms with E-state index in [9.17, 15) is 28.1 Å². The van der Waals surface area contributed by atoms with E-state index >= 15 is 0 Å². The minimum absolute atomic E-state index is 0.0276. The Labute approximate surface area is 130 Å². The molecule has 1 heterocycles. The van der Waals surface area contributed by atoms with Crippen LogP contribution in [0, 0.1) is 10.1 Å². The van der Waals surface area contributed by atoms with E-state index in [-0.39, 0.29) is 31.5 Å². The molecule has 0 aromatic heterocycles. The van der Waals surface area contributed by atoms with E-state index in [0.717, 1.165) is 5.01 Å².